The fourth-order valence-electron chi connectivity index (χ4n) is 1.99. The van der Waals surface area contributed by atoms with Crippen molar-refractivity contribution in [3.8, 4) is 0 Å². The number of nitrogens with one attached hydrogen (secondary N) is 1. The zero-order valence-corrected chi connectivity index (χ0v) is 11.8. The van der Waals surface area contributed by atoms with E-state index < -0.39 is 5.97 Å². The highest BCUT2D eigenvalue weighted by atomic mass is 32.1. The highest BCUT2D eigenvalue weighted by molar-refractivity contribution is 7.18. The first-order valence-corrected chi connectivity index (χ1v) is 7.01. The van der Waals surface area contributed by atoms with Gasteiger partial charge in [-0.2, -0.15) is 0 Å². The number of fused-ring (bicyclic) bond motifs is 1. The zero-order chi connectivity index (χ0) is 14.0. The number of aryl methyl sites for hydroxylation is 3. The first-order chi connectivity index (χ1) is 8.99. The Morgan fingerprint density at radius 3 is 2.79 bits per heavy atom. The van der Waals surface area contributed by atoms with Gasteiger partial charge in [-0.15, -0.1) is 11.3 Å². The van der Waals surface area contributed by atoms with Crippen LogP contribution in [0.15, 0.2) is 4.79 Å². The fraction of sp³-hybridized carbons (Fsp3) is 0.462. The SMILES string of the molecule is Cc1sc2nc(CCCCC(=O)O)[nH]c(=O)c2c1C. The van der Waals surface area contributed by atoms with E-state index >= 15 is 0 Å². The number of aromatic nitrogens is 2. The molecular weight excluding hydrogens is 264 g/mol. The summed E-state index contributed by atoms with van der Waals surface area (Å²) in [7, 11) is 0. The van der Waals surface area contributed by atoms with Crippen molar-refractivity contribution in [3.63, 3.8) is 0 Å². The van der Waals surface area contributed by atoms with Crippen LogP contribution in [0.1, 0.15) is 35.5 Å². The molecule has 0 fully saturated rings. The van der Waals surface area contributed by atoms with Gasteiger partial charge in [0.1, 0.15) is 10.7 Å². The van der Waals surface area contributed by atoms with Crippen LogP contribution < -0.4 is 5.56 Å². The first kappa shape index (κ1) is 13.7. The Bertz CT molecular complexity index is 672. The van der Waals surface area contributed by atoms with Crippen LogP contribution in [-0.2, 0) is 11.2 Å². The number of carbonyl (C=O) groups is 1. The molecule has 2 N–H and O–H groups in total. The minimum absolute atomic E-state index is 0.0971. The van der Waals surface area contributed by atoms with E-state index in [4.69, 9.17) is 5.11 Å². The molecule has 0 amide bonds. The van der Waals surface area contributed by atoms with E-state index in [0.29, 0.717) is 30.5 Å². The number of hydrogen-bond acceptors (Lipinski definition) is 4. The van der Waals surface area contributed by atoms with Gasteiger partial charge < -0.3 is 10.1 Å². The van der Waals surface area contributed by atoms with Crippen molar-refractivity contribution in [2.24, 2.45) is 0 Å². The lowest BCUT2D eigenvalue weighted by Gasteiger charge is -2.00. The monoisotopic (exact) mass is 280 g/mol. The predicted octanol–water partition coefficient (Wildman–Crippen LogP) is 2.40. The largest absolute Gasteiger partial charge is 0.481 e. The normalized spacial score (nSPS) is 11.1. The molecule has 2 rings (SSSR count). The molecule has 0 saturated heterocycles. The molecular formula is C13H16N2O3S. The number of thiophene rings is 1. The maximum absolute atomic E-state index is 12.0. The Labute approximate surface area is 114 Å². The molecule has 0 atom stereocenters. The van der Waals surface area contributed by atoms with Crippen molar-refractivity contribution in [1.29, 1.82) is 0 Å². The lowest BCUT2D eigenvalue weighted by Crippen LogP contribution is -2.11. The highest BCUT2D eigenvalue weighted by Crippen LogP contribution is 2.25. The molecule has 0 aliphatic carbocycles. The number of H-pyrrole nitrogens is 1. The van der Waals surface area contributed by atoms with Gasteiger partial charge in [0.05, 0.1) is 5.39 Å². The number of unbranched alkanes of at least 4 members (excludes halogenated alkanes) is 1. The second kappa shape index (κ2) is 5.52. The van der Waals surface area contributed by atoms with Gasteiger partial charge in [0.2, 0.25) is 0 Å². The van der Waals surface area contributed by atoms with Crippen molar-refractivity contribution in [2.45, 2.75) is 39.5 Å². The van der Waals surface area contributed by atoms with Gasteiger partial charge in [-0.1, -0.05) is 0 Å². The van der Waals surface area contributed by atoms with Crippen LogP contribution in [0.25, 0.3) is 10.2 Å². The third-order valence-corrected chi connectivity index (χ3v) is 4.24. The Balaban J connectivity index is 2.17. The zero-order valence-electron chi connectivity index (χ0n) is 10.9. The van der Waals surface area contributed by atoms with Crippen LogP contribution in [0, 0.1) is 13.8 Å². The van der Waals surface area contributed by atoms with E-state index in [1.54, 1.807) is 0 Å². The Morgan fingerprint density at radius 1 is 1.37 bits per heavy atom. The third-order valence-electron chi connectivity index (χ3n) is 3.14. The van der Waals surface area contributed by atoms with Crippen molar-refractivity contribution >= 4 is 27.5 Å². The molecule has 0 aliphatic rings. The van der Waals surface area contributed by atoms with Crippen LogP contribution in [0.3, 0.4) is 0 Å². The molecule has 6 heteroatoms. The van der Waals surface area contributed by atoms with Gasteiger partial charge in [-0.25, -0.2) is 4.98 Å². The molecule has 0 aliphatic heterocycles. The minimum atomic E-state index is -0.790. The lowest BCUT2D eigenvalue weighted by molar-refractivity contribution is -0.137. The summed E-state index contributed by atoms with van der Waals surface area (Å²) in [5, 5.41) is 9.24. The van der Waals surface area contributed by atoms with Crippen LogP contribution in [-0.4, -0.2) is 21.0 Å². The third kappa shape index (κ3) is 3.01. The molecule has 0 radical (unpaired) electrons. The summed E-state index contributed by atoms with van der Waals surface area (Å²) in [4.78, 5) is 31.5. The number of aromatic amines is 1. The number of carboxylic acids is 1. The molecule has 0 saturated carbocycles. The number of carboxylic acid groups (broad SMARTS) is 1. The summed E-state index contributed by atoms with van der Waals surface area (Å²) >= 11 is 1.53. The summed E-state index contributed by atoms with van der Waals surface area (Å²) < 4.78 is 0. The van der Waals surface area contributed by atoms with Crippen LogP contribution in [0.4, 0.5) is 0 Å². The van der Waals surface area contributed by atoms with Crippen LogP contribution >= 0.6 is 11.3 Å². The molecule has 19 heavy (non-hydrogen) atoms. The van der Waals surface area contributed by atoms with Crippen molar-refractivity contribution in [3.05, 3.63) is 26.6 Å². The lowest BCUT2D eigenvalue weighted by atomic mass is 10.2. The summed E-state index contributed by atoms with van der Waals surface area (Å²) in [6.45, 7) is 3.91. The van der Waals surface area contributed by atoms with Gasteiger partial charge in [0, 0.05) is 17.7 Å². The summed E-state index contributed by atoms with van der Waals surface area (Å²) in [6, 6.07) is 0. The number of rotatable bonds is 5. The molecule has 5 nitrogen and oxygen atoms in total. The van der Waals surface area contributed by atoms with Gasteiger partial charge in [-0.05, 0) is 32.3 Å². The number of nitrogens with zero attached hydrogens (tertiary/aromatic N) is 1. The van der Waals surface area contributed by atoms with E-state index in [0.717, 1.165) is 15.3 Å². The molecule has 2 heterocycles. The maximum Gasteiger partial charge on any atom is 0.303 e. The second-order valence-corrected chi connectivity index (χ2v) is 5.78. The molecule has 102 valence electrons. The average molecular weight is 280 g/mol. The van der Waals surface area contributed by atoms with E-state index in [1.165, 1.54) is 11.3 Å². The molecule has 0 spiro atoms. The van der Waals surface area contributed by atoms with Crippen LogP contribution in [0.5, 0.6) is 0 Å². The van der Waals surface area contributed by atoms with Crippen molar-refractivity contribution < 1.29 is 9.90 Å². The summed E-state index contributed by atoms with van der Waals surface area (Å²) in [5.74, 6) is -0.148. The van der Waals surface area contributed by atoms with Crippen molar-refractivity contribution in [1.82, 2.24) is 9.97 Å². The molecule has 0 aromatic carbocycles. The van der Waals surface area contributed by atoms with Gasteiger partial charge in [-0.3, -0.25) is 9.59 Å². The Kier molecular flexibility index (Phi) is 3.99. The van der Waals surface area contributed by atoms with Gasteiger partial charge in [0.25, 0.3) is 5.56 Å². The number of hydrogen-bond donors (Lipinski definition) is 2. The standard InChI is InChI=1S/C13H16N2O3S/c1-7-8(2)19-13-11(7)12(18)14-9(15-13)5-3-4-6-10(16)17/h3-6H2,1-2H3,(H,16,17)(H,14,15,18). The minimum Gasteiger partial charge on any atom is -0.481 e. The maximum atomic E-state index is 12.0. The quantitative estimate of drug-likeness (QED) is 0.824. The Morgan fingerprint density at radius 2 is 2.11 bits per heavy atom. The van der Waals surface area contributed by atoms with Crippen LogP contribution in [0.2, 0.25) is 0 Å². The summed E-state index contributed by atoms with van der Waals surface area (Å²) in [6.07, 6.45) is 2.07. The van der Waals surface area contributed by atoms with Crippen molar-refractivity contribution in [2.75, 3.05) is 0 Å². The van der Waals surface area contributed by atoms with E-state index in [1.807, 2.05) is 13.8 Å². The fourth-order valence-corrected chi connectivity index (χ4v) is 3.04. The highest BCUT2D eigenvalue weighted by Gasteiger charge is 2.11. The topological polar surface area (TPSA) is 83.0 Å². The molecule has 2 aromatic heterocycles. The summed E-state index contributed by atoms with van der Waals surface area (Å²) in [5.41, 5.74) is 0.895. The average Bonchev–Trinajstić information content (AvgIpc) is 2.61. The van der Waals surface area contributed by atoms with E-state index in [9.17, 15) is 9.59 Å². The van der Waals surface area contributed by atoms with E-state index in [-0.39, 0.29) is 12.0 Å². The van der Waals surface area contributed by atoms with Gasteiger partial charge >= 0.3 is 5.97 Å². The molecule has 0 unspecified atom stereocenters. The number of aliphatic carboxylic acids is 1. The smallest absolute Gasteiger partial charge is 0.303 e. The van der Waals surface area contributed by atoms with Gasteiger partial charge in [0.15, 0.2) is 0 Å². The predicted molar refractivity (Wildman–Crippen MR) is 74.9 cm³/mol. The first-order valence-electron chi connectivity index (χ1n) is 6.19. The second-order valence-electron chi connectivity index (χ2n) is 4.58. The molecule has 2 aromatic rings. The van der Waals surface area contributed by atoms with E-state index in [2.05, 4.69) is 9.97 Å². The molecule has 0 bridgehead atoms. The Hall–Kier alpha value is -1.69.